The largest absolute Gasteiger partial charge is 0.511 e. The lowest BCUT2D eigenvalue weighted by molar-refractivity contribution is -0.123. The smallest absolute Gasteiger partial charge is 0.260 e. The Morgan fingerprint density at radius 1 is 1.17 bits per heavy atom. The van der Waals surface area contributed by atoms with E-state index in [4.69, 9.17) is 0 Å². The molecule has 0 aromatic rings. The first-order chi connectivity index (χ1) is 16.9. The number of hydrogen-bond donors (Lipinski definition) is 5. The molecule has 7 heteroatoms. The molecule has 0 radical (unpaired) electrons. The number of aliphatic hydroxyl groups is 4. The van der Waals surface area contributed by atoms with Crippen molar-refractivity contribution in [1.82, 2.24) is 5.32 Å². The molecule has 2 aliphatic carbocycles. The average Bonchev–Trinajstić information content (AvgIpc) is 3.07. The summed E-state index contributed by atoms with van der Waals surface area (Å²) in [4.78, 5) is 25.1. The third-order valence-electron chi connectivity index (χ3n) is 8.69. The summed E-state index contributed by atoms with van der Waals surface area (Å²) in [6, 6.07) is 0. The molecule has 3 aliphatic rings. The molecule has 1 saturated heterocycles. The molecular weight excluding hydrogens is 458 g/mol. The van der Waals surface area contributed by atoms with Crippen LogP contribution in [0.5, 0.6) is 0 Å². The summed E-state index contributed by atoms with van der Waals surface area (Å²) < 4.78 is 0. The van der Waals surface area contributed by atoms with Crippen molar-refractivity contribution in [1.29, 1.82) is 0 Å². The first kappa shape index (κ1) is 28.4. The van der Waals surface area contributed by atoms with Gasteiger partial charge in [-0.3, -0.25) is 9.59 Å². The van der Waals surface area contributed by atoms with E-state index in [-0.39, 0.29) is 40.9 Å². The van der Waals surface area contributed by atoms with Gasteiger partial charge in [0.2, 0.25) is 5.78 Å². The van der Waals surface area contributed by atoms with Gasteiger partial charge in [-0.15, -0.1) is 0 Å². The van der Waals surface area contributed by atoms with Crippen molar-refractivity contribution in [2.75, 3.05) is 0 Å². The highest BCUT2D eigenvalue weighted by atomic mass is 16.3. The lowest BCUT2D eigenvalue weighted by atomic mass is 9.50. The maximum Gasteiger partial charge on any atom is 0.260 e. The van der Waals surface area contributed by atoms with Crippen LogP contribution in [-0.2, 0) is 9.59 Å². The maximum atomic E-state index is 12.6. The van der Waals surface area contributed by atoms with Gasteiger partial charge < -0.3 is 25.7 Å². The van der Waals surface area contributed by atoms with E-state index in [9.17, 15) is 30.0 Å². The summed E-state index contributed by atoms with van der Waals surface area (Å²) in [6.07, 6.45) is 11.3. The number of aliphatic hydroxyl groups excluding tert-OH is 4. The van der Waals surface area contributed by atoms with Crippen molar-refractivity contribution in [2.45, 2.75) is 78.7 Å². The van der Waals surface area contributed by atoms with Gasteiger partial charge in [-0.25, -0.2) is 0 Å². The molecule has 1 amide bonds. The zero-order chi connectivity index (χ0) is 26.8. The number of carbonyl (C=O) groups excluding carboxylic acids is 2. The first-order valence-electron chi connectivity index (χ1n) is 13.3. The number of amides is 1. The standard InChI is InChI=1S/C29H43NO6/c1-6-22(32)17(3)9-7-8-10-21(31)15-20-12-11-19-14-16(2)13-18(4)24(19)29(20,5)26(34)23-25(33)28(36)30-27(23)35/h7-12,16-22,24,28,31-32,34,36H,6,13-15H2,1-5H3,(H,30,35)/b9-7+,10-8+,26-23-. The van der Waals surface area contributed by atoms with Gasteiger partial charge in [0.25, 0.3) is 5.91 Å². The number of carbonyl (C=O) groups is 2. The van der Waals surface area contributed by atoms with E-state index in [1.807, 2.05) is 39.0 Å². The maximum absolute atomic E-state index is 12.6. The molecule has 0 bridgehead atoms. The topological polar surface area (TPSA) is 127 Å². The second kappa shape index (κ2) is 11.4. The van der Waals surface area contributed by atoms with E-state index < -0.39 is 35.5 Å². The normalized spacial score (nSPS) is 38.8. The van der Waals surface area contributed by atoms with Gasteiger partial charge in [-0.1, -0.05) is 71.1 Å². The Kier molecular flexibility index (Phi) is 9.02. The number of nitrogens with one attached hydrogen (secondary N) is 1. The zero-order valence-corrected chi connectivity index (χ0v) is 22.1. The van der Waals surface area contributed by atoms with Crippen LogP contribution in [0.15, 0.2) is 47.8 Å². The highest BCUT2D eigenvalue weighted by Crippen LogP contribution is 2.58. The van der Waals surface area contributed by atoms with Crippen LogP contribution in [0.4, 0.5) is 0 Å². The lowest BCUT2D eigenvalue weighted by Gasteiger charge is -2.54. The molecule has 7 nitrogen and oxygen atoms in total. The third kappa shape index (κ3) is 5.53. The van der Waals surface area contributed by atoms with Gasteiger partial charge >= 0.3 is 0 Å². The van der Waals surface area contributed by atoms with E-state index in [1.54, 1.807) is 12.2 Å². The fourth-order valence-corrected chi connectivity index (χ4v) is 6.80. The zero-order valence-electron chi connectivity index (χ0n) is 22.1. The first-order valence-corrected chi connectivity index (χ1v) is 13.3. The number of hydrogen-bond acceptors (Lipinski definition) is 6. The van der Waals surface area contributed by atoms with Crippen LogP contribution in [0.25, 0.3) is 0 Å². The SMILES string of the molecule is CCC(O)C(C)/C=C/C=C/C(O)CC1C=CC2CC(C)CC(C)C2C1(C)/C(O)=C1/C(=O)NC(O)C1=O. The van der Waals surface area contributed by atoms with Crippen molar-refractivity contribution in [2.24, 2.45) is 40.9 Å². The van der Waals surface area contributed by atoms with E-state index in [2.05, 4.69) is 25.2 Å². The van der Waals surface area contributed by atoms with Crippen molar-refractivity contribution >= 4 is 11.7 Å². The summed E-state index contributed by atoms with van der Waals surface area (Å²) in [6.45, 7) is 10.1. The molecule has 0 aromatic carbocycles. The molecule has 10 unspecified atom stereocenters. The third-order valence-corrected chi connectivity index (χ3v) is 8.69. The number of fused-ring (bicyclic) bond motifs is 1. The summed E-state index contributed by atoms with van der Waals surface area (Å²) in [5.41, 5.74) is -1.33. The van der Waals surface area contributed by atoms with E-state index in [1.165, 1.54) is 0 Å². The summed E-state index contributed by atoms with van der Waals surface area (Å²) >= 11 is 0. The van der Waals surface area contributed by atoms with Crippen molar-refractivity contribution in [3.05, 3.63) is 47.8 Å². The molecule has 1 saturated carbocycles. The Labute approximate surface area is 214 Å². The Morgan fingerprint density at radius 3 is 2.44 bits per heavy atom. The predicted octanol–water partition coefficient (Wildman–Crippen LogP) is 3.58. The minimum absolute atomic E-state index is 0.00231. The minimum Gasteiger partial charge on any atom is -0.511 e. The van der Waals surface area contributed by atoms with E-state index in [0.29, 0.717) is 18.8 Å². The highest BCUT2D eigenvalue weighted by molar-refractivity contribution is 6.26. The van der Waals surface area contributed by atoms with Crippen LogP contribution in [0.3, 0.4) is 0 Å². The number of allylic oxidation sites excluding steroid dienone is 5. The van der Waals surface area contributed by atoms with Crippen molar-refractivity contribution < 1.29 is 30.0 Å². The van der Waals surface area contributed by atoms with Crippen LogP contribution in [0, 0.1) is 40.9 Å². The second-order valence-electron chi connectivity index (χ2n) is 11.4. The molecule has 36 heavy (non-hydrogen) atoms. The Bertz CT molecular complexity index is 951. The predicted molar refractivity (Wildman–Crippen MR) is 138 cm³/mol. The fraction of sp³-hybridized carbons (Fsp3) is 0.655. The van der Waals surface area contributed by atoms with Crippen molar-refractivity contribution in [3.8, 4) is 0 Å². The highest BCUT2D eigenvalue weighted by Gasteiger charge is 2.55. The molecule has 3 rings (SSSR count). The Balaban J connectivity index is 1.93. The second-order valence-corrected chi connectivity index (χ2v) is 11.4. The number of ketones is 1. The van der Waals surface area contributed by atoms with Gasteiger partial charge in [0, 0.05) is 11.3 Å². The van der Waals surface area contributed by atoms with Crippen LogP contribution in [0.2, 0.25) is 0 Å². The van der Waals surface area contributed by atoms with Gasteiger partial charge in [0.1, 0.15) is 11.3 Å². The average molecular weight is 502 g/mol. The minimum atomic E-state index is -1.65. The van der Waals surface area contributed by atoms with E-state index >= 15 is 0 Å². The molecule has 10 atom stereocenters. The monoisotopic (exact) mass is 501 g/mol. The van der Waals surface area contributed by atoms with Gasteiger partial charge in [-0.05, 0) is 55.3 Å². The molecule has 1 heterocycles. The lowest BCUT2D eigenvalue weighted by Crippen LogP contribution is -2.49. The fourth-order valence-electron chi connectivity index (χ4n) is 6.80. The molecule has 5 N–H and O–H groups in total. The van der Waals surface area contributed by atoms with Crippen LogP contribution in [0.1, 0.15) is 60.3 Å². The summed E-state index contributed by atoms with van der Waals surface area (Å²) in [5, 5.41) is 44.4. The van der Waals surface area contributed by atoms with Crippen LogP contribution >= 0.6 is 0 Å². The molecule has 0 spiro atoms. The number of Topliss-reactive ketones (excluding diaryl/α,β-unsaturated/α-hetero) is 1. The van der Waals surface area contributed by atoms with Crippen LogP contribution in [-0.4, -0.2) is 50.6 Å². The molecule has 1 aliphatic heterocycles. The molecule has 0 aromatic heterocycles. The summed E-state index contributed by atoms with van der Waals surface area (Å²) in [5.74, 6) is -1.28. The quantitative estimate of drug-likeness (QED) is 0.114. The van der Waals surface area contributed by atoms with E-state index in [0.717, 1.165) is 12.8 Å². The molecule has 2 fully saturated rings. The van der Waals surface area contributed by atoms with Gasteiger partial charge in [0.15, 0.2) is 6.23 Å². The van der Waals surface area contributed by atoms with Gasteiger partial charge in [0.05, 0.1) is 12.2 Å². The Hall–Kier alpha value is -2.22. The van der Waals surface area contributed by atoms with Gasteiger partial charge in [-0.2, -0.15) is 0 Å². The molecular formula is C29H43NO6. The molecule has 200 valence electrons. The van der Waals surface area contributed by atoms with Crippen molar-refractivity contribution in [3.63, 3.8) is 0 Å². The number of rotatable bonds is 8. The van der Waals surface area contributed by atoms with Crippen LogP contribution < -0.4 is 5.32 Å². The summed E-state index contributed by atoms with van der Waals surface area (Å²) in [7, 11) is 0. The Morgan fingerprint density at radius 2 is 1.83 bits per heavy atom.